The summed E-state index contributed by atoms with van der Waals surface area (Å²) in [6.45, 7) is 0. The van der Waals surface area contributed by atoms with E-state index in [2.05, 4.69) is 10.6 Å². The van der Waals surface area contributed by atoms with Crippen molar-refractivity contribution < 1.29 is 9.72 Å². The Balaban J connectivity index is 2.08. The molecule has 0 spiro atoms. The SMILES string of the molecule is CN(C)c1ccc(N/C=C(/C#N)C(=O)Nc2cccc([N+](=O)[O-])c2)cc1. The Bertz CT molecular complexity index is 882. The number of amides is 1. The van der Waals surface area contributed by atoms with Crippen molar-refractivity contribution in [2.24, 2.45) is 0 Å². The van der Waals surface area contributed by atoms with Gasteiger partial charge in [0.05, 0.1) is 4.92 Å². The van der Waals surface area contributed by atoms with Gasteiger partial charge in [0.25, 0.3) is 11.6 Å². The molecule has 0 atom stereocenters. The number of nitriles is 1. The van der Waals surface area contributed by atoms with Gasteiger partial charge in [-0.05, 0) is 30.3 Å². The van der Waals surface area contributed by atoms with Crippen LogP contribution in [-0.4, -0.2) is 24.9 Å². The third kappa shape index (κ3) is 4.82. The topological polar surface area (TPSA) is 111 Å². The molecule has 8 heteroatoms. The van der Waals surface area contributed by atoms with Crippen LogP contribution in [-0.2, 0) is 4.79 Å². The number of carbonyl (C=O) groups excluding carboxylic acids is 1. The number of carbonyl (C=O) groups is 1. The number of hydrogen-bond donors (Lipinski definition) is 2. The first-order valence-electron chi connectivity index (χ1n) is 7.60. The molecule has 0 saturated heterocycles. The number of nitro groups is 1. The van der Waals surface area contributed by atoms with Gasteiger partial charge in [-0.3, -0.25) is 14.9 Å². The van der Waals surface area contributed by atoms with Gasteiger partial charge in [-0.25, -0.2) is 0 Å². The molecule has 0 bridgehead atoms. The summed E-state index contributed by atoms with van der Waals surface area (Å²) in [5, 5.41) is 25.3. The molecule has 2 aromatic rings. The Morgan fingerprint density at radius 1 is 1.19 bits per heavy atom. The highest BCUT2D eigenvalue weighted by Crippen LogP contribution is 2.18. The minimum Gasteiger partial charge on any atom is -0.378 e. The first-order chi connectivity index (χ1) is 12.4. The predicted molar refractivity (Wildman–Crippen MR) is 99.8 cm³/mol. The van der Waals surface area contributed by atoms with Crippen LogP contribution < -0.4 is 15.5 Å². The van der Waals surface area contributed by atoms with E-state index in [1.165, 1.54) is 30.5 Å². The maximum atomic E-state index is 12.2. The van der Waals surface area contributed by atoms with Crippen molar-refractivity contribution >= 4 is 28.7 Å². The molecule has 0 saturated carbocycles. The zero-order valence-corrected chi connectivity index (χ0v) is 14.3. The first kappa shape index (κ1) is 18.5. The van der Waals surface area contributed by atoms with Gasteiger partial charge >= 0.3 is 0 Å². The van der Waals surface area contributed by atoms with E-state index in [1.807, 2.05) is 43.3 Å². The van der Waals surface area contributed by atoms with Gasteiger partial charge < -0.3 is 15.5 Å². The smallest absolute Gasteiger partial charge is 0.271 e. The first-order valence-corrected chi connectivity index (χ1v) is 7.60. The van der Waals surface area contributed by atoms with E-state index in [0.29, 0.717) is 5.69 Å². The average Bonchev–Trinajstić information content (AvgIpc) is 2.62. The Morgan fingerprint density at radius 3 is 2.46 bits per heavy atom. The molecule has 0 aliphatic rings. The molecule has 0 aliphatic carbocycles. The number of anilines is 3. The van der Waals surface area contributed by atoms with Crippen molar-refractivity contribution in [2.45, 2.75) is 0 Å². The third-order valence-corrected chi connectivity index (χ3v) is 3.45. The summed E-state index contributed by atoms with van der Waals surface area (Å²) in [6.07, 6.45) is 1.29. The summed E-state index contributed by atoms with van der Waals surface area (Å²) in [7, 11) is 3.85. The van der Waals surface area contributed by atoms with Crippen LogP contribution in [0.3, 0.4) is 0 Å². The highest BCUT2D eigenvalue weighted by atomic mass is 16.6. The monoisotopic (exact) mass is 351 g/mol. The van der Waals surface area contributed by atoms with Crippen molar-refractivity contribution in [3.05, 3.63) is 70.4 Å². The molecule has 26 heavy (non-hydrogen) atoms. The summed E-state index contributed by atoms with van der Waals surface area (Å²) in [6, 6.07) is 14.7. The van der Waals surface area contributed by atoms with Gasteiger partial charge in [0.2, 0.25) is 0 Å². The molecule has 0 heterocycles. The zero-order chi connectivity index (χ0) is 19.1. The number of nitrogens with one attached hydrogen (secondary N) is 2. The molecule has 1 amide bonds. The number of benzene rings is 2. The Labute approximate surface area is 150 Å². The van der Waals surface area contributed by atoms with E-state index in [1.54, 1.807) is 6.07 Å². The lowest BCUT2D eigenvalue weighted by Gasteiger charge is -2.12. The molecule has 0 radical (unpaired) electrons. The van der Waals surface area contributed by atoms with E-state index >= 15 is 0 Å². The molecule has 0 aliphatic heterocycles. The van der Waals surface area contributed by atoms with Gasteiger partial charge in [0.1, 0.15) is 11.6 Å². The molecule has 0 unspecified atom stereocenters. The van der Waals surface area contributed by atoms with Crippen LogP contribution in [0.2, 0.25) is 0 Å². The lowest BCUT2D eigenvalue weighted by atomic mass is 10.2. The van der Waals surface area contributed by atoms with Crippen molar-refractivity contribution in [3.63, 3.8) is 0 Å². The van der Waals surface area contributed by atoms with Crippen LogP contribution >= 0.6 is 0 Å². The van der Waals surface area contributed by atoms with Crippen molar-refractivity contribution in [2.75, 3.05) is 29.6 Å². The normalized spacial score (nSPS) is 10.6. The van der Waals surface area contributed by atoms with Gasteiger partial charge in [-0.15, -0.1) is 0 Å². The number of non-ortho nitro benzene ring substituents is 1. The minimum absolute atomic E-state index is 0.149. The summed E-state index contributed by atoms with van der Waals surface area (Å²) in [4.78, 5) is 24.3. The minimum atomic E-state index is -0.662. The highest BCUT2D eigenvalue weighted by Gasteiger charge is 2.12. The van der Waals surface area contributed by atoms with Crippen LogP contribution in [0, 0.1) is 21.4 Å². The molecule has 0 fully saturated rings. The van der Waals surface area contributed by atoms with Crippen LogP contribution in [0.4, 0.5) is 22.7 Å². The highest BCUT2D eigenvalue weighted by molar-refractivity contribution is 6.06. The fourth-order valence-electron chi connectivity index (χ4n) is 2.06. The fraction of sp³-hybridized carbons (Fsp3) is 0.111. The molecule has 8 nitrogen and oxygen atoms in total. The second-order valence-electron chi connectivity index (χ2n) is 5.52. The van der Waals surface area contributed by atoms with Gasteiger partial charge in [0, 0.05) is 49.5 Å². The molecule has 2 rings (SSSR count). The summed E-state index contributed by atoms with van der Waals surface area (Å²) < 4.78 is 0. The van der Waals surface area contributed by atoms with E-state index in [0.717, 1.165) is 5.69 Å². The van der Waals surface area contributed by atoms with E-state index < -0.39 is 10.8 Å². The second-order valence-corrected chi connectivity index (χ2v) is 5.52. The summed E-state index contributed by atoms with van der Waals surface area (Å²) >= 11 is 0. The van der Waals surface area contributed by atoms with Gasteiger partial charge in [-0.1, -0.05) is 6.07 Å². The van der Waals surface area contributed by atoms with Crippen LogP contribution in [0.5, 0.6) is 0 Å². The van der Waals surface area contributed by atoms with Crippen molar-refractivity contribution in [1.29, 1.82) is 5.26 Å². The third-order valence-electron chi connectivity index (χ3n) is 3.45. The number of rotatable bonds is 6. The largest absolute Gasteiger partial charge is 0.378 e. The quantitative estimate of drug-likeness (QED) is 0.358. The van der Waals surface area contributed by atoms with E-state index in [4.69, 9.17) is 0 Å². The Hall–Kier alpha value is -3.86. The number of hydrogen-bond acceptors (Lipinski definition) is 6. The molecule has 2 N–H and O–H groups in total. The molecular formula is C18H17N5O3. The predicted octanol–water partition coefficient (Wildman–Crippen LogP) is 3.12. The Morgan fingerprint density at radius 2 is 1.88 bits per heavy atom. The fourth-order valence-corrected chi connectivity index (χ4v) is 2.06. The summed E-state index contributed by atoms with van der Waals surface area (Å²) in [5.41, 5.74) is 1.66. The van der Waals surface area contributed by atoms with Gasteiger partial charge in [0.15, 0.2) is 0 Å². The number of nitro benzene ring substituents is 1. The zero-order valence-electron chi connectivity index (χ0n) is 14.3. The second kappa shape index (κ2) is 8.30. The van der Waals surface area contributed by atoms with Crippen LogP contribution in [0.15, 0.2) is 60.3 Å². The van der Waals surface area contributed by atoms with E-state index in [-0.39, 0.29) is 16.9 Å². The summed E-state index contributed by atoms with van der Waals surface area (Å²) in [5.74, 6) is -0.662. The van der Waals surface area contributed by atoms with Gasteiger partial charge in [-0.2, -0.15) is 5.26 Å². The molecule has 0 aromatic heterocycles. The average molecular weight is 351 g/mol. The lowest BCUT2D eigenvalue weighted by molar-refractivity contribution is -0.384. The maximum absolute atomic E-state index is 12.2. The lowest BCUT2D eigenvalue weighted by Crippen LogP contribution is -2.14. The number of nitrogens with zero attached hydrogens (tertiary/aromatic N) is 3. The van der Waals surface area contributed by atoms with Crippen LogP contribution in [0.1, 0.15) is 0 Å². The Kier molecular flexibility index (Phi) is 5.90. The van der Waals surface area contributed by atoms with Crippen molar-refractivity contribution in [1.82, 2.24) is 0 Å². The maximum Gasteiger partial charge on any atom is 0.271 e. The van der Waals surface area contributed by atoms with Crippen LogP contribution in [0.25, 0.3) is 0 Å². The molecule has 2 aromatic carbocycles. The van der Waals surface area contributed by atoms with Crippen molar-refractivity contribution in [3.8, 4) is 6.07 Å². The molecular weight excluding hydrogens is 334 g/mol. The standard InChI is InChI=1S/C18H17N5O3/c1-22(2)16-8-6-14(7-9-16)20-12-13(11-19)18(24)21-15-4-3-5-17(10-15)23(25)26/h3-10,12,20H,1-2H3,(H,21,24)/b13-12-. The molecule has 132 valence electrons. The van der Waals surface area contributed by atoms with E-state index in [9.17, 15) is 20.2 Å².